The van der Waals surface area contributed by atoms with Crippen molar-refractivity contribution < 1.29 is 4.79 Å². The average molecular weight is 517 g/mol. The summed E-state index contributed by atoms with van der Waals surface area (Å²) in [4.78, 5) is 25.4. The summed E-state index contributed by atoms with van der Waals surface area (Å²) in [7, 11) is 1.91. The minimum atomic E-state index is 0. The number of carbonyl (C=O) groups is 1. The third-order valence-corrected chi connectivity index (χ3v) is 5.43. The standard InChI is InChI=1S/C20H31N5OS.HI/c1-5-21-20(24(4)15-19(26)25(6-2)7-3)22-14-10-13-18-23-16-11-8-9-12-17(16)27-18;/h8-9,11-12H,5-7,10,13-15H2,1-4H3,(H,21,22);1H. The Balaban J connectivity index is 0.00000392. The van der Waals surface area contributed by atoms with Crippen LogP contribution in [0.1, 0.15) is 32.2 Å². The number of halogens is 1. The van der Waals surface area contributed by atoms with Gasteiger partial charge in [-0.1, -0.05) is 12.1 Å². The van der Waals surface area contributed by atoms with Crippen LogP contribution in [0, 0.1) is 0 Å². The SMILES string of the molecule is CCNC(=NCCCc1nc2ccccc2s1)N(C)CC(=O)N(CC)CC.I. The maximum Gasteiger partial charge on any atom is 0.242 e. The quantitative estimate of drug-likeness (QED) is 0.239. The average Bonchev–Trinajstić information content (AvgIpc) is 3.08. The summed E-state index contributed by atoms with van der Waals surface area (Å²) in [5.41, 5.74) is 1.07. The van der Waals surface area contributed by atoms with Crippen molar-refractivity contribution in [3.63, 3.8) is 0 Å². The van der Waals surface area contributed by atoms with Gasteiger partial charge >= 0.3 is 0 Å². The molecule has 0 saturated carbocycles. The molecule has 8 heteroatoms. The first-order valence-corrected chi connectivity index (χ1v) is 10.5. The number of carbonyl (C=O) groups excluding carboxylic acids is 1. The lowest BCUT2D eigenvalue weighted by Crippen LogP contribution is -2.45. The molecule has 0 atom stereocenters. The lowest BCUT2D eigenvalue weighted by Gasteiger charge is -2.25. The van der Waals surface area contributed by atoms with Gasteiger partial charge in [0, 0.05) is 39.6 Å². The van der Waals surface area contributed by atoms with Crippen LogP contribution in [-0.2, 0) is 11.2 Å². The number of nitrogens with zero attached hydrogens (tertiary/aromatic N) is 4. The molecule has 0 bridgehead atoms. The smallest absolute Gasteiger partial charge is 0.242 e. The van der Waals surface area contributed by atoms with Gasteiger partial charge in [-0.2, -0.15) is 0 Å². The molecule has 2 rings (SSSR count). The van der Waals surface area contributed by atoms with E-state index in [1.54, 1.807) is 11.3 Å². The highest BCUT2D eigenvalue weighted by atomic mass is 127. The Kier molecular flexibility index (Phi) is 11.4. The number of hydrogen-bond donors (Lipinski definition) is 1. The van der Waals surface area contributed by atoms with Crippen LogP contribution in [0.2, 0.25) is 0 Å². The number of fused-ring (bicyclic) bond motifs is 1. The zero-order chi connectivity index (χ0) is 19.6. The summed E-state index contributed by atoms with van der Waals surface area (Å²) in [6, 6.07) is 8.24. The highest BCUT2D eigenvalue weighted by Crippen LogP contribution is 2.22. The van der Waals surface area contributed by atoms with E-state index in [-0.39, 0.29) is 29.9 Å². The molecular formula is C20H32IN5OS. The second kappa shape index (κ2) is 12.9. The number of benzene rings is 1. The van der Waals surface area contributed by atoms with Gasteiger partial charge in [0.25, 0.3) is 0 Å². The molecule has 28 heavy (non-hydrogen) atoms. The molecule has 2 aromatic rings. The fourth-order valence-electron chi connectivity index (χ4n) is 2.87. The molecule has 156 valence electrons. The molecule has 0 aliphatic carbocycles. The number of aromatic nitrogens is 1. The molecule has 0 fully saturated rings. The number of rotatable bonds is 9. The maximum atomic E-state index is 12.3. The third kappa shape index (κ3) is 7.20. The maximum absolute atomic E-state index is 12.3. The first-order chi connectivity index (χ1) is 13.1. The molecular weight excluding hydrogens is 485 g/mol. The van der Waals surface area contributed by atoms with Gasteiger partial charge in [0.2, 0.25) is 5.91 Å². The Hall–Kier alpha value is -1.42. The number of likely N-dealkylation sites (N-methyl/N-ethyl adjacent to an activating group) is 2. The fourth-order valence-corrected chi connectivity index (χ4v) is 3.87. The summed E-state index contributed by atoms with van der Waals surface area (Å²) >= 11 is 1.75. The number of amides is 1. The van der Waals surface area contributed by atoms with Crippen molar-refractivity contribution in [2.45, 2.75) is 33.6 Å². The van der Waals surface area contributed by atoms with Crippen LogP contribution in [-0.4, -0.2) is 66.4 Å². The molecule has 0 radical (unpaired) electrons. The minimum Gasteiger partial charge on any atom is -0.357 e. The van der Waals surface area contributed by atoms with Crippen molar-refractivity contribution in [1.29, 1.82) is 0 Å². The highest BCUT2D eigenvalue weighted by molar-refractivity contribution is 14.0. The number of thiazole rings is 1. The minimum absolute atomic E-state index is 0. The third-order valence-electron chi connectivity index (χ3n) is 4.33. The van der Waals surface area contributed by atoms with Gasteiger partial charge in [-0.25, -0.2) is 4.98 Å². The lowest BCUT2D eigenvalue weighted by molar-refractivity contribution is -0.131. The van der Waals surface area contributed by atoms with Crippen LogP contribution in [0.5, 0.6) is 0 Å². The van der Waals surface area contributed by atoms with Crippen molar-refractivity contribution >= 4 is 57.4 Å². The van der Waals surface area contributed by atoms with Gasteiger partial charge < -0.3 is 15.1 Å². The molecule has 0 aliphatic heterocycles. The summed E-state index contributed by atoms with van der Waals surface area (Å²) in [5.74, 6) is 0.907. The van der Waals surface area contributed by atoms with Crippen LogP contribution in [0.15, 0.2) is 29.3 Å². The Bertz CT molecular complexity index is 727. The van der Waals surface area contributed by atoms with E-state index in [9.17, 15) is 4.79 Å². The Morgan fingerprint density at radius 3 is 2.57 bits per heavy atom. The van der Waals surface area contributed by atoms with Crippen LogP contribution in [0.3, 0.4) is 0 Å². The topological polar surface area (TPSA) is 60.8 Å². The van der Waals surface area contributed by atoms with E-state index < -0.39 is 0 Å². The Morgan fingerprint density at radius 1 is 1.21 bits per heavy atom. The van der Waals surface area contributed by atoms with Crippen LogP contribution >= 0.6 is 35.3 Å². The van der Waals surface area contributed by atoms with Crippen molar-refractivity contribution in [2.24, 2.45) is 4.99 Å². The Labute approximate surface area is 189 Å². The number of para-hydroxylation sites is 1. The van der Waals surface area contributed by atoms with E-state index in [1.807, 2.05) is 49.8 Å². The number of aliphatic imine (C=N–C) groups is 1. The molecule has 0 saturated heterocycles. The van der Waals surface area contributed by atoms with E-state index in [2.05, 4.69) is 27.4 Å². The normalized spacial score (nSPS) is 11.2. The summed E-state index contributed by atoms with van der Waals surface area (Å²) in [6.45, 7) is 9.34. The van der Waals surface area contributed by atoms with Crippen LogP contribution in [0.25, 0.3) is 10.2 Å². The van der Waals surface area contributed by atoms with Crippen molar-refractivity contribution in [3.8, 4) is 0 Å². The van der Waals surface area contributed by atoms with Crippen molar-refractivity contribution in [1.82, 2.24) is 20.1 Å². The zero-order valence-electron chi connectivity index (χ0n) is 17.3. The van der Waals surface area contributed by atoms with Crippen molar-refractivity contribution in [2.75, 3.05) is 39.8 Å². The van der Waals surface area contributed by atoms with Gasteiger partial charge in [0.1, 0.15) is 0 Å². The van der Waals surface area contributed by atoms with Gasteiger partial charge in [0.05, 0.1) is 21.8 Å². The zero-order valence-corrected chi connectivity index (χ0v) is 20.4. The molecule has 1 heterocycles. The van der Waals surface area contributed by atoms with Gasteiger partial charge in [-0.05, 0) is 39.3 Å². The number of guanidine groups is 1. The number of hydrogen-bond acceptors (Lipinski definition) is 4. The van der Waals surface area contributed by atoms with E-state index in [1.165, 1.54) is 4.70 Å². The summed E-state index contributed by atoms with van der Waals surface area (Å²) in [5, 5.41) is 4.43. The molecule has 6 nitrogen and oxygen atoms in total. The Morgan fingerprint density at radius 2 is 1.93 bits per heavy atom. The molecule has 0 unspecified atom stereocenters. The molecule has 1 aromatic carbocycles. The number of aryl methyl sites for hydroxylation is 1. The number of nitrogens with one attached hydrogen (secondary N) is 1. The molecule has 0 aliphatic rings. The van der Waals surface area contributed by atoms with E-state index in [0.29, 0.717) is 13.1 Å². The highest BCUT2D eigenvalue weighted by Gasteiger charge is 2.14. The largest absolute Gasteiger partial charge is 0.357 e. The molecule has 0 spiro atoms. The first kappa shape index (κ1) is 24.6. The molecule has 1 N–H and O–H groups in total. The predicted molar refractivity (Wildman–Crippen MR) is 130 cm³/mol. The van der Waals surface area contributed by atoms with Crippen LogP contribution < -0.4 is 5.32 Å². The monoisotopic (exact) mass is 517 g/mol. The van der Waals surface area contributed by atoms with E-state index >= 15 is 0 Å². The second-order valence-electron chi connectivity index (χ2n) is 6.34. The predicted octanol–water partition coefficient (Wildman–Crippen LogP) is 3.61. The van der Waals surface area contributed by atoms with E-state index in [4.69, 9.17) is 0 Å². The summed E-state index contributed by atoms with van der Waals surface area (Å²) < 4.78 is 1.24. The summed E-state index contributed by atoms with van der Waals surface area (Å²) in [6.07, 6.45) is 1.86. The fraction of sp³-hybridized carbons (Fsp3) is 0.550. The first-order valence-electron chi connectivity index (χ1n) is 9.70. The van der Waals surface area contributed by atoms with Gasteiger partial charge in [-0.15, -0.1) is 35.3 Å². The van der Waals surface area contributed by atoms with E-state index in [0.717, 1.165) is 49.0 Å². The van der Waals surface area contributed by atoms with Gasteiger partial charge in [0.15, 0.2) is 5.96 Å². The van der Waals surface area contributed by atoms with Gasteiger partial charge in [-0.3, -0.25) is 9.79 Å². The van der Waals surface area contributed by atoms with Crippen molar-refractivity contribution in [3.05, 3.63) is 29.3 Å². The lowest BCUT2D eigenvalue weighted by atomic mass is 10.3. The molecule has 1 aromatic heterocycles. The van der Waals surface area contributed by atoms with Crippen LogP contribution in [0.4, 0.5) is 0 Å². The molecule has 1 amide bonds. The second-order valence-corrected chi connectivity index (χ2v) is 7.45.